The Morgan fingerprint density at radius 1 is 1.18 bits per heavy atom. The van der Waals surface area contributed by atoms with Crippen LogP contribution in [0.15, 0.2) is 20.7 Å². The number of halogens is 1. The fourth-order valence-corrected chi connectivity index (χ4v) is 0.897. The maximum Gasteiger partial charge on any atom is 0.332 e. The summed E-state index contributed by atoms with van der Waals surface area (Å²) in [5.74, 6) is -1.84. The molecule has 11 heavy (non-hydrogen) atoms. The molecule has 0 fully saturated rings. The molecular weight excluding hydrogens is 147 g/mol. The highest BCUT2D eigenvalue weighted by molar-refractivity contribution is 4.71. The third kappa shape index (κ3) is 2.32. The maximum atomic E-state index is 13.1. The molecule has 5 heteroatoms. The van der Waals surface area contributed by atoms with E-state index in [1.165, 1.54) is 0 Å². The Balaban J connectivity index is 2.25. The molecule has 0 atom stereocenters. The average molecular weight is 158 g/mol. The average Bonchev–Trinajstić information content (AvgIpc) is 2.38. The molecule has 0 aromatic carbocycles. The summed E-state index contributed by atoms with van der Waals surface area (Å²) in [6, 6.07) is 0. The van der Waals surface area contributed by atoms with E-state index in [4.69, 9.17) is 0 Å². The molecule has 0 aliphatic carbocycles. The van der Waals surface area contributed by atoms with Crippen molar-refractivity contribution in [1.29, 1.82) is 0 Å². The van der Waals surface area contributed by atoms with Crippen LogP contribution < -0.4 is 0 Å². The van der Waals surface area contributed by atoms with E-state index in [9.17, 15) is 4.39 Å². The van der Waals surface area contributed by atoms with Gasteiger partial charge in [0.1, 0.15) is 0 Å². The minimum absolute atomic E-state index is 0.299. The van der Waals surface area contributed by atoms with Crippen LogP contribution in [0.2, 0.25) is 0 Å². The first-order chi connectivity index (χ1) is 5.27. The molecule has 0 aromatic rings. The van der Waals surface area contributed by atoms with Gasteiger partial charge in [0.15, 0.2) is 0 Å². The van der Waals surface area contributed by atoms with Gasteiger partial charge in [-0.05, 0) is 16.9 Å². The zero-order valence-corrected chi connectivity index (χ0v) is 6.50. The van der Waals surface area contributed by atoms with Crippen molar-refractivity contribution >= 4 is 0 Å². The number of hydrogen-bond donors (Lipinski definition) is 0. The second-order valence-electron chi connectivity index (χ2n) is 2.55. The molecule has 0 aromatic heterocycles. The van der Waals surface area contributed by atoms with Crippen LogP contribution in [0.25, 0.3) is 0 Å². The summed E-state index contributed by atoms with van der Waals surface area (Å²) in [5.41, 5.74) is 0. The Bertz CT molecular complexity index is 165. The third-order valence-electron chi connectivity index (χ3n) is 1.53. The normalized spacial score (nSPS) is 19.5. The largest absolute Gasteiger partial charge is 0.332 e. The number of unbranched alkanes of at least 4 members (excludes halogenated alkanes) is 2. The van der Waals surface area contributed by atoms with Crippen LogP contribution >= 0.6 is 0 Å². The van der Waals surface area contributed by atoms with Crippen molar-refractivity contribution in [2.75, 3.05) is 0 Å². The summed E-state index contributed by atoms with van der Waals surface area (Å²) in [5, 5.41) is 12.8. The zero-order valence-electron chi connectivity index (χ0n) is 6.50. The fourth-order valence-electron chi connectivity index (χ4n) is 0.897. The molecular formula is C6H11FN4. The second-order valence-corrected chi connectivity index (χ2v) is 2.55. The van der Waals surface area contributed by atoms with Gasteiger partial charge in [0.2, 0.25) is 0 Å². The van der Waals surface area contributed by atoms with Crippen LogP contribution in [0.4, 0.5) is 4.39 Å². The van der Waals surface area contributed by atoms with E-state index in [1.54, 1.807) is 0 Å². The van der Waals surface area contributed by atoms with Gasteiger partial charge >= 0.3 is 5.92 Å². The van der Waals surface area contributed by atoms with Crippen molar-refractivity contribution in [1.82, 2.24) is 0 Å². The van der Waals surface area contributed by atoms with Crippen LogP contribution in [0, 0.1) is 0 Å². The van der Waals surface area contributed by atoms with Crippen molar-refractivity contribution in [2.45, 2.75) is 38.5 Å². The van der Waals surface area contributed by atoms with Gasteiger partial charge in [0.05, 0.1) is 0 Å². The lowest BCUT2D eigenvalue weighted by atomic mass is 10.1. The fraction of sp³-hybridized carbons (Fsp3) is 1.00. The van der Waals surface area contributed by atoms with Crippen molar-refractivity contribution in [3.63, 3.8) is 0 Å². The summed E-state index contributed by atoms with van der Waals surface area (Å²) >= 11 is 0. The number of rotatable bonds is 4. The van der Waals surface area contributed by atoms with Gasteiger partial charge in [0, 0.05) is 6.42 Å². The highest BCUT2D eigenvalue weighted by Gasteiger charge is 2.31. The molecule has 0 N–H and O–H groups in total. The Hall–Kier alpha value is -0.870. The quantitative estimate of drug-likeness (QED) is 0.446. The van der Waals surface area contributed by atoms with E-state index in [0.29, 0.717) is 6.42 Å². The molecule has 0 saturated heterocycles. The Labute approximate surface area is 64.6 Å². The second kappa shape index (κ2) is 3.50. The smallest absolute Gasteiger partial charge is 0.187 e. The molecule has 0 spiro atoms. The van der Waals surface area contributed by atoms with E-state index in [-0.39, 0.29) is 0 Å². The van der Waals surface area contributed by atoms with Gasteiger partial charge in [-0.25, -0.2) is 0 Å². The van der Waals surface area contributed by atoms with Crippen LogP contribution in [-0.2, 0) is 0 Å². The summed E-state index contributed by atoms with van der Waals surface area (Å²) < 4.78 is 13.1. The van der Waals surface area contributed by atoms with Gasteiger partial charge in [-0.15, -0.1) is 10.2 Å². The lowest BCUT2D eigenvalue weighted by molar-refractivity contribution is 0.165. The molecule has 4 nitrogen and oxygen atoms in total. The van der Waals surface area contributed by atoms with E-state index in [2.05, 4.69) is 27.6 Å². The van der Waals surface area contributed by atoms with Crippen LogP contribution in [0.3, 0.4) is 0 Å². The first-order valence-corrected chi connectivity index (χ1v) is 3.80. The van der Waals surface area contributed by atoms with Crippen molar-refractivity contribution in [3.05, 3.63) is 0 Å². The molecule has 0 radical (unpaired) electrons. The molecule has 1 aliphatic rings. The Morgan fingerprint density at radius 3 is 2.36 bits per heavy atom. The van der Waals surface area contributed by atoms with Gasteiger partial charge in [-0.3, -0.25) is 0 Å². The molecule has 0 unspecified atom stereocenters. The molecule has 0 saturated carbocycles. The van der Waals surface area contributed by atoms with E-state index in [1.807, 2.05) is 0 Å². The lowest BCUT2D eigenvalue weighted by Gasteiger charge is -2.07. The zero-order chi connectivity index (χ0) is 8.16. The van der Waals surface area contributed by atoms with Gasteiger partial charge in [0.25, 0.3) is 0 Å². The standard InChI is InChI=1S/C6H11FN4/c1-2-3-4-5-6(7)8-10-11-9-6/h2-5H2,1H3. The number of alkyl halides is 1. The predicted octanol–water partition coefficient (Wildman–Crippen LogP) is 3.02. The van der Waals surface area contributed by atoms with Crippen molar-refractivity contribution < 1.29 is 4.39 Å². The van der Waals surface area contributed by atoms with E-state index in [0.717, 1.165) is 19.3 Å². The highest BCUT2D eigenvalue weighted by atomic mass is 19.1. The maximum absolute atomic E-state index is 13.1. The van der Waals surface area contributed by atoms with Gasteiger partial charge in [-0.2, -0.15) is 4.39 Å². The van der Waals surface area contributed by atoms with Gasteiger partial charge < -0.3 is 0 Å². The lowest BCUT2D eigenvalue weighted by Crippen LogP contribution is -2.12. The molecule has 1 rings (SSSR count). The SMILES string of the molecule is CCCCCC1(F)N=NN=N1. The van der Waals surface area contributed by atoms with E-state index >= 15 is 0 Å². The summed E-state index contributed by atoms with van der Waals surface area (Å²) in [4.78, 5) is 0. The molecule has 1 aliphatic heterocycles. The Morgan fingerprint density at radius 2 is 1.82 bits per heavy atom. The summed E-state index contributed by atoms with van der Waals surface area (Å²) in [6.45, 7) is 2.06. The minimum Gasteiger partial charge on any atom is -0.187 e. The molecule has 62 valence electrons. The molecule has 0 amide bonds. The van der Waals surface area contributed by atoms with E-state index < -0.39 is 5.92 Å². The first-order valence-electron chi connectivity index (χ1n) is 3.80. The predicted molar refractivity (Wildman–Crippen MR) is 37.7 cm³/mol. The molecule has 0 bridgehead atoms. The number of hydrogen-bond acceptors (Lipinski definition) is 4. The third-order valence-corrected chi connectivity index (χ3v) is 1.53. The van der Waals surface area contributed by atoms with Crippen molar-refractivity contribution in [3.8, 4) is 0 Å². The summed E-state index contributed by atoms with van der Waals surface area (Å²) in [6.07, 6.45) is 3.14. The monoisotopic (exact) mass is 158 g/mol. The molecule has 1 heterocycles. The number of nitrogens with zero attached hydrogens (tertiary/aromatic N) is 4. The first kappa shape index (κ1) is 8.23. The van der Waals surface area contributed by atoms with Crippen LogP contribution in [0.5, 0.6) is 0 Å². The van der Waals surface area contributed by atoms with Crippen LogP contribution in [-0.4, -0.2) is 5.92 Å². The minimum atomic E-state index is -1.84. The highest BCUT2D eigenvalue weighted by Crippen LogP contribution is 2.27. The van der Waals surface area contributed by atoms with Gasteiger partial charge in [-0.1, -0.05) is 19.8 Å². The van der Waals surface area contributed by atoms with Crippen LogP contribution in [0.1, 0.15) is 32.6 Å². The topological polar surface area (TPSA) is 49.4 Å². The van der Waals surface area contributed by atoms with Crippen molar-refractivity contribution in [2.24, 2.45) is 20.7 Å². The summed E-state index contributed by atoms with van der Waals surface area (Å²) in [7, 11) is 0. The Kier molecular flexibility index (Phi) is 2.62.